The predicted molar refractivity (Wildman–Crippen MR) is 97.1 cm³/mol. The lowest BCUT2D eigenvalue weighted by molar-refractivity contribution is 0.0420. The number of benzene rings is 1. The van der Waals surface area contributed by atoms with Crippen LogP contribution in [0.4, 0.5) is 0 Å². The van der Waals surface area contributed by atoms with E-state index in [2.05, 4.69) is 4.98 Å². The molecule has 0 radical (unpaired) electrons. The van der Waals surface area contributed by atoms with Gasteiger partial charge in [-0.05, 0) is 55.4 Å². The van der Waals surface area contributed by atoms with Crippen molar-refractivity contribution in [1.82, 2.24) is 14.5 Å². The molecular weight excluding hydrogens is 330 g/mol. The second-order valence-corrected chi connectivity index (χ2v) is 7.25. The van der Waals surface area contributed by atoms with E-state index in [-0.39, 0.29) is 11.8 Å². The molecule has 3 heterocycles. The van der Waals surface area contributed by atoms with Crippen LogP contribution in [0.5, 0.6) is 5.75 Å². The molecule has 138 valence electrons. The van der Waals surface area contributed by atoms with Crippen LogP contribution in [0, 0.1) is 5.92 Å². The first-order chi connectivity index (χ1) is 12.6. The summed E-state index contributed by atoms with van der Waals surface area (Å²) in [5.74, 6) is 1.81. The minimum atomic E-state index is -0.576. The van der Waals surface area contributed by atoms with Gasteiger partial charge in [-0.1, -0.05) is 0 Å². The summed E-state index contributed by atoms with van der Waals surface area (Å²) in [5.41, 5.74) is 1.86. The number of aryl methyl sites for hydroxylation is 2. The molecule has 26 heavy (non-hydrogen) atoms. The third kappa shape index (κ3) is 3.21. The van der Waals surface area contributed by atoms with E-state index in [4.69, 9.17) is 4.74 Å². The van der Waals surface area contributed by atoms with Crippen LogP contribution in [-0.2, 0) is 13.5 Å². The Morgan fingerprint density at radius 1 is 1.35 bits per heavy atom. The molecule has 1 unspecified atom stereocenters. The van der Waals surface area contributed by atoms with Crippen molar-refractivity contribution in [3.8, 4) is 5.75 Å². The molecule has 6 heteroatoms. The van der Waals surface area contributed by atoms with Crippen molar-refractivity contribution in [3.05, 3.63) is 47.5 Å². The van der Waals surface area contributed by atoms with Crippen molar-refractivity contribution in [1.29, 1.82) is 0 Å². The Hall–Kier alpha value is -2.34. The number of imidazole rings is 1. The van der Waals surface area contributed by atoms with Crippen molar-refractivity contribution in [2.24, 2.45) is 13.0 Å². The zero-order valence-corrected chi connectivity index (χ0v) is 15.1. The second-order valence-electron chi connectivity index (χ2n) is 7.25. The van der Waals surface area contributed by atoms with Crippen LogP contribution in [0.2, 0.25) is 0 Å². The molecule has 2 aliphatic heterocycles. The van der Waals surface area contributed by atoms with Gasteiger partial charge in [0, 0.05) is 38.1 Å². The maximum Gasteiger partial charge on any atom is 0.253 e. The Kier molecular flexibility index (Phi) is 4.68. The third-order valence-corrected chi connectivity index (χ3v) is 5.55. The predicted octanol–water partition coefficient (Wildman–Crippen LogP) is 2.33. The Bertz CT molecular complexity index is 793. The zero-order valence-electron chi connectivity index (χ0n) is 15.1. The molecule has 6 nitrogen and oxygen atoms in total. The first-order valence-electron chi connectivity index (χ1n) is 9.34. The largest absolute Gasteiger partial charge is 0.493 e. The van der Waals surface area contributed by atoms with Crippen LogP contribution >= 0.6 is 0 Å². The van der Waals surface area contributed by atoms with E-state index in [0.717, 1.165) is 49.2 Å². The van der Waals surface area contributed by atoms with E-state index in [1.54, 1.807) is 6.20 Å². The molecule has 0 bridgehead atoms. The molecule has 0 aliphatic carbocycles. The molecule has 0 spiro atoms. The molecular formula is C20H25N3O3. The first kappa shape index (κ1) is 17.1. The molecule has 1 aromatic heterocycles. The lowest BCUT2D eigenvalue weighted by Crippen LogP contribution is -2.40. The summed E-state index contributed by atoms with van der Waals surface area (Å²) in [6.45, 7) is 2.09. The average molecular weight is 355 g/mol. The summed E-state index contributed by atoms with van der Waals surface area (Å²) in [5, 5.41) is 10.6. The zero-order chi connectivity index (χ0) is 18.1. The number of aromatic nitrogens is 2. The van der Waals surface area contributed by atoms with Gasteiger partial charge in [-0.3, -0.25) is 4.79 Å². The Morgan fingerprint density at radius 3 is 2.88 bits per heavy atom. The number of hydrogen-bond acceptors (Lipinski definition) is 4. The molecule has 1 saturated heterocycles. The van der Waals surface area contributed by atoms with Crippen LogP contribution in [0.3, 0.4) is 0 Å². The molecule has 1 atom stereocenters. The molecule has 0 saturated carbocycles. The van der Waals surface area contributed by atoms with Gasteiger partial charge in [-0.25, -0.2) is 4.98 Å². The smallest absolute Gasteiger partial charge is 0.253 e. The van der Waals surface area contributed by atoms with Crippen LogP contribution in [-0.4, -0.2) is 45.2 Å². The van der Waals surface area contributed by atoms with Crippen molar-refractivity contribution >= 4 is 5.91 Å². The molecule has 1 amide bonds. The monoisotopic (exact) mass is 355 g/mol. The lowest BCUT2D eigenvalue weighted by atomic mass is 9.90. The highest BCUT2D eigenvalue weighted by molar-refractivity contribution is 5.94. The van der Waals surface area contributed by atoms with E-state index in [9.17, 15) is 9.90 Å². The number of carbonyl (C=O) groups excluding carboxylic acids is 1. The molecule has 1 aromatic carbocycles. The maximum absolute atomic E-state index is 12.9. The van der Waals surface area contributed by atoms with Gasteiger partial charge < -0.3 is 19.3 Å². The Morgan fingerprint density at radius 2 is 2.15 bits per heavy atom. The topological polar surface area (TPSA) is 67.6 Å². The molecule has 1 N–H and O–H groups in total. The number of likely N-dealkylation sites (tertiary alicyclic amines) is 1. The van der Waals surface area contributed by atoms with E-state index in [0.29, 0.717) is 18.9 Å². The van der Waals surface area contributed by atoms with E-state index in [1.165, 1.54) is 0 Å². The van der Waals surface area contributed by atoms with Gasteiger partial charge in [0.2, 0.25) is 0 Å². The second kappa shape index (κ2) is 7.11. The van der Waals surface area contributed by atoms with Crippen LogP contribution in [0.15, 0.2) is 30.6 Å². The third-order valence-electron chi connectivity index (χ3n) is 5.55. The van der Waals surface area contributed by atoms with Crippen LogP contribution in [0.25, 0.3) is 0 Å². The fourth-order valence-corrected chi connectivity index (χ4v) is 3.97. The quantitative estimate of drug-likeness (QED) is 0.918. The van der Waals surface area contributed by atoms with Gasteiger partial charge in [0.05, 0.1) is 6.61 Å². The summed E-state index contributed by atoms with van der Waals surface area (Å²) >= 11 is 0. The lowest BCUT2D eigenvalue weighted by Gasteiger charge is -2.34. The van der Waals surface area contributed by atoms with E-state index in [1.807, 2.05) is 40.9 Å². The summed E-state index contributed by atoms with van der Waals surface area (Å²) < 4.78 is 7.49. The number of aliphatic hydroxyl groups is 1. The van der Waals surface area contributed by atoms with Crippen molar-refractivity contribution in [2.75, 3.05) is 19.7 Å². The maximum atomic E-state index is 12.9. The van der Waals surface area contributed by atoms with Gasteiger partial charge in [-0.15, -0.1) is 0 Å². The van der Waals surface area contributed by atoms with Gasteiger partial charge >= 0.3 is 0 Å². The number of aliphatic hydroxyl groups excluding tert-OH is 1. The fraction of sp³-hybridized carbons (Fsp3) is 0.500. The minimum absolute atomic E-state index is 0.0725. The first-order valence-corrected chi connectivity index (χ1v) is 9.34. The van der Waals surface area contributed by atoms with Crippen LogP contribution < -0.4 is 4.74 Å². The van der Waals surface area contributed by atoms with Gasteiger partial charge in [0.1, 0.15) is 17.7 Å². The normalized spacial score (nSPS) is 18.9. The van der Waals surface area contributed by atoms with Crippen molar-refractivity contribution in [3.63, 3.8) is 0 Å². The Balaban J connectivity index is 1.40. The van der Waals surface area contributed by atoms with E-state index >= 15 is 0 Å². The Labute approximate surface area is 153 Å². The highest BCUT2D eigenvalue weighted by Crippen LogP contribution is 2.31. The number of amides is 1. The highest BCUT2D eigenvalue weighted by atomic mass is 16.5. The number of carbonyl (C=O) groups is 1. The summed E-state index contributed by atoms with van der Waals surface area (Å²) in [7, 11) is 1.89. The molecule has 2 aliphatic rings. The SMILES string of the molecule is Cn1ccnc1C(O)C1CCN(C(=O)c2ccc3c(c2)CCCO3)CC1. The summed E-state index contributed by atoms with van der Waals surface area (Å²) in [6, 6.07) is 5.76. The minimum Gasteiger partial charge on any atom is -0.493 e. The number of nitrogens with zero attached hydrogens (tertiary/aromatic N) is 3. The number of ether oxygens (including phenoxy) is 1. The average Bonchev–Trinajstić information content (AvgIpc) is 3.12. The summed E-state index contributed by atoms with van der Waals surface area (Å²) in [6.07, 6.45) is 6.51. The fourth-order valence-electron chi connectivity index (χ4n) is 3.97. The van der Waals surface area contributed by atoms with Crippen molar-refractivity contribution < 1.29 is 14.6 Å². The van der Waals surface area contributed by atoms with Crippen molar-refractivity contribution in [2.45, 2.75) is 31.8 Å². The number of hydrogen-bond donors (Lipinski definition) is 1. The molecule has 2 aromatic rings. The number of piperidine rings is 1. The summed E-state index contributed by atoms with van der Waals surface area (Å²) in [4.78, 5) is 19.0. The van der Waals surface area contributed by atoms with Gasteiger partial charge in [0.15, 0.2) is 0 Å². The van der Waals surface area contributed by atoms with Gasteiger partial charge in [-0.2, -0.15) is 0 Å². The number of rotatable bonds is 3. The van der Waals surface area contributed by atoms with Crippen LogP contribution in [0.1, 0.15) is 47.1 Å². The molecule has 1 fully saturated rings. The number of fused-ring (bicyclic) bond motifs is 1. The van der Waals surface area contributed by atoms with E-state index < -0.39 is 6.10 Å². The standard InChI is InChI=1S/C20H25N3O3/c1-22-11-8-21-19(22)18(24)14-6-9-23(10-7-14)20(25)16-4-5-17-15(13-16)3-2-12-26-17/h4-5,8,11,13-14,18,24H,2-3,6-7,9-10,12H2,1H3. The molecule has 4 rings (SSSR count). The van der Waals surface area contributed by atoms with Gasteiger partial charge in [0.25, 0.3) is 5.91 Å². The highest BCUT2D eigenvalue weighted by Gasteiger charge is 2.30.